The van der Waals surface area contributed by atoms with Crippen molar-refractivity contribution in [3.8, 4) is 0 Å². The lowest BCUT2D eigenvalue weighted by Gasteiger charge is -2.44. The summed E-state index contributed by atoms with van der Waals surface area (Å²) in [4.78, 5) is 3.99. The molecule has 2 atom stereocenters. The van der Waals surface area contributed by atoms with Gasteiger partial charge in [-0.1, -0.05) is 6.92 Å². The molecule has 108 valence electrons. The van der Waals surface area contributed by atoms with E-state index >= 15 is 0 Å². The van der Waals surface area contributed by atoms with Gasteiger partial charge in [0.25, 0.3) is 0 Å². The van der Waals surface area contributed by atoms with E-state index in [1.807, 2.05) is 0 Å². The monoisotopic (exact) mass is 345 g/mol. The topological polar surface area (TPSA) is 41.3 Å². The fourth-order valence-corrected chi connectivity index (χ4v) is 4.57. The van der Waals surface area contributed by atoms with Crippen LogP contribution < -0.4 is 11.3 Å². The lowest BCUT2D eigenvalue weighted by Crippen LogP contribution is -2.60. The zero-order valence-electron chi connectivity index (χ0n) is 11.8. The summed E-state index contributed by atoms with van der Waals surface area (Å²) < 4.78 is 1.19. The lowest BCUT2D eigenvalue weighted by molar-refractivity contribution is 0.0844. The van der Waals surface area contributed by atoms with Crippen molar-refractivity contribution >= 4 is 27.3 Å². The molecule has 0 amide bonds. The van der Waals surface area contributed by atoms with Crippen LogP contribution in [-0.2, 0) is 6.42 Å². The molecule has 2 heterocycles. The maximum Gasteiger partial charge on any atom is 0.0701 e. The van der Waals surface area contributed by atoms with E-state index in [-0.39, 0.29) is 5.54 Å². The molecule has 0 radical (unpaired) electrons. The molecule has 1 fully saturated rings. The molecule has 1 aliphatic heterocycles. The van der Waals surface area contributed by atoms with Gasteiger partial charge in [-0.05, 0) is 67.3 Å². The molecule has 3 N–H and O–H groups in total. The van der Waals surface area contributed by atoms with Gasteiger partial charge in [0.2, 0.25) is 0 Å². The van der Waals surface area contributed by atoms with Crippen LogP contribution in [0, 0.1) is 0 Å². The lowest BCUT2D eigenvalue weighted by atomic mass is 9.85. The maximum atomic E-state index is 5.87. The maximum absolute atomic E-state index is 5.87. The van der Waals surface area contributed by atoms with Crippen LogP contribution in [0.5, 0.6) is 0 Å². The molecule has 2 unspecified atom stereocenters. The average molecular weight is 346 g/mol. The zero-order chi connectivity index (χ0) is 13.9. The molecule has 2 rings (SSSR count). The van der Waals surface area contributed by atoms with E-state index in [0.717, 1.165) is 12.8 Å². The Kier molecular flexibility index (Phi) is 5.43. The first kappa shape index (κ1) is 15.4. The molecule has 1 aromatic rings. The number of nitrogens with zero attached hydrogens (tertiary/aromatic N) is 1. The number of rotatable bonds is 6. The van der Waals surface area contributed by atoms with E-state index < -0.39 is 0 Å². The summed E-state index contributed by atoms with van der Waals surface area (Å²) in [6, 6.07) is 4.60. The molecule has 0 saturated carbocycles. The van der Waals surface area contributed by atoms with Gasteiger partial charge in [-0.3, -0.25) is 16.2 Å². The standard InChI is InChI=1S/C14H24BrN3S/c1-3-14(2,18-8-4-5-9-18)12(17-16)10-11-6-7-13(15)19-11/h6-7,12,17H,3-5,8-10,16H2,1-2H3. The molecule has 5 heteroatoms. The molecular weight excluding hydrogens is 322 g/mol. The van der Waals surface area contributed by atoms with E-state index in [2.05, 4.69) is 52.2 Å². The van der Waals surface area contributed by atoms with E-state index in [4.69, 9.17) is 5.84 Å². The molecule has 1 aromatic heterocycles. The van der Waals surface area contributed by atoms with Crippen molar-refractivity contribution < 1.29 is 0 Å². The summed E-state index contributed by atoms with van der Waals surface area (Å²) in [5.41, 5.74) is 3.22. The molecular formula is C14H24BrN3S. The second kappa shape index (κ2) is 6.68. The van der Waals surface area contributed by atoms with Crippen LogP contribution >= 0.6 is 27.3 Å². The molecule has 0 aromatic carbocycles. The van der Waals surface area contributed by atoms with Gasteiger partial charge in [0.05, 0.1) is 3.79 Å². The first-order valence-corrected chi connectivity index (χ1v) is 8.66. The fourth-order valence-electron chi connectivity index (χ4n) is 3.04. The predicted octanol–water partition coefficient (Wildman–Crippen LogP) is 3.15. The zero-order valence-corrected chi connectivity index (χ0v) is 14.2. The van der Waals surface area contributed by atoms with Gasteiger partial charge in [-0.15, -0.1) is 11.3 Å². The molecule has 0 spiro atoms. The van der Waals surface area contributed by atoms with Crippen molar-refractivity contribution in [1.29, 1.82) is 0 Å². The minimum absolute atomic E-state index is 0.141. The Morgan fingerprint density at radius 1 is 1.47 bits per heavy atom. The summed E-state index contributed by atoms with van der Waals surface area (Å²) in [6.07, 6.45) is 4.75. The minimum atomic E-state index is 0.141. The third kappa shape index (κ3) is 3.39. The van der Waals surface area contributed by atoms with Crippen LogP contribution in [0.3, 0.4) is 0 Å². The van der Waals surface area contributed by atoms with Crippen molar-refractivity contribution in [3.05, 3.63) is 20.8 Å². The van der Waals surface area contributed by atoms with Crippen LogP contribution in [0.2, 0.25) is 0 Å². The molecule has 0 bridgehead atoms. The van der Waals surface area contributed by atoms with Crippen LogP contribution in [-0.4, -0.2) is 29.6 Å². The van der Waals surface area contributed by atoms with Crippen molar-refractivity contribution in [3.63, 3.8) is 0 Å². The molecule has 0 aliphatic carbocycles. The van der Waals surface area contributed by atoms with Gasteiger partial charge in [0.15, 0.2) is 0 Å². The summed E-state index contributed by atoms with van der Waals surface area (Å²) >= 11 is 5.34. The molecule has 19 heavy (non-hydrogen) atoms. The Hall–Kier alpha value is 0.0600. The Morgan fingerprint density at radius 2 is 2.16 bits per heavy atom. The highest BCUT2D eigenvalue weighted by molar-refractivity contribution is 9.11. The van der Waals surface area contributed by atoms with Crippen molar-refractivity contribution in [2.45, 2.75) is 51.1 Å². The first-order chi connectivity index (χ1) is 9.10. The first-order valence-electron chi connectivity index (χ1n) is 7.05. The fraction of sp³-hybridized carbons (Fsp3) is 0.714. The van der Waals surface area contributed by atoms with Gasteiger partial charge in [-0.2, -0.15) is 0 Å². The number of likely N-dealkylation sites (tertiary alicyclic amines) is 1. The third-order valence-corrected chi connectivity index (χ3v) is 6.18. The van der Waals surface area contributed by atoms with Gasteiger partial charge in [0, 0.05) is 22.9 Å². The van der Waals surface area contributed by atoms with Crippen molar-refractivity contribution in [2.75, 3.05) is 13.1 Å². The number of hydrogen-bond acceptors (Lipinski definition) is 4. The SMILES string of the molecule is CCC(C)(C(Cc1ccc(Br)s1)NN)N1CCCC1. The van der Waals surface area contributed by atoms with Gasteiger partial charge in [0.1, 0.15) is 0 Å². The number of thiophene rings is 1. The van der Waals surface area contributed by atoms with E-state index in [1.54, 1.807) is 11.3 Å². The van der Waals surface area contributed by atoms with Crippen LogP contribution in [0.1, 0.15) is 38.0 Å². The van der Waals surface area contributed by atoms with Gasteiger partial charge >= 0.3 is 0 Å². The summed E-state index contributed by atoms with van der Waals surface area (Å²) in [5.74, 6) is 5.87. The molecule has 1 aliphatic rings. The second-order valence-electron chi connectivity index (χ2n) is 5.53. The summed E-state index contributed by atoms with van der Waals surface area (Å²) in [6.45, 7) is 7.03. The largest absolute Gasteiger partial charge is 0.296 e. The highest BCUT2D eigenvalue weighted by Crippen LogP contribution is 2.31. The molecule has 3 nitrogen and oxygen atoms in total. The van der Waals surface area contributed by atoms with E-state index in [9.17, 15) is 0 Å². The minimum Gasteiger partial charge on any atom is -0.296 e. The summed E-state index contributed by atoms with van der Waals surface area (Å²) in [5, 5.41) is 0. The van der Waals surface area contributed by atoms with E-state index in [1.165, 1.54) is 34.6 Å². The smallest absolute Gasteiger partial charge is 0.0701 e. The van der Waals surface area contributed by atoms with Gasteiger partial charge in [-0.25, -0.2) is 0 Å². The van der Waals surface area contributed by atoms with Crippen LogP contribution in [0.4, 0.5) is 0 Å². The normalized spacial score (nSPS) is 21.5. The average Bonchev–Trinajstić information content (AvgIpc) is 3.06. The Balaban J connectivity index is 2.13. The van der Waals surface area contributed by atoms with E-state index in [0.29, 0.717) is 6.04 Å². The number of nitrogens with two attached hydrogens (primary N) is 1. The van der Waals surface area contributed by atoms with Crippen molar-refractivity contribution in [2.24, 2.45) is 5.84 Å². The van der Waals surface area contributed by atoms with Gasteiger partial charge < -0.3 is 0 Å². The summed E-state index contributed by atoms with van der Waals surface area (Å²) in [7, 11) is 0. The molecule has 1 saturated heterocycles. The van der Waals surface area contributed by atoms with Crippen LogP contribution in [0.25, 0.3) is 0 Å². The Labute approximate surface area is 128 Å². The highest BCUT2D eigenvalue weighted by Gasteiger charge is 2.39. The Morgan fingerprint density at radius 3 is 2.63 bits per heavy atom. The Bertz CT molecular complexity index is 403. The van der Waals surface area contributed by atoms with Crippen molar-refractivity contribution in [1.82, 2.24) is 10.3 Å². The number of hydrogen-bond donors (Lipinski definition) is 2. The second-order valence-corrected chi connectivity index (χ2v) is 8.08. The predicted molar refractivity (Wildman–Crippen MR) is 86.3 cm³/mol. The number of halogens is 1. The number of hydrazine groups is 1. The van der Waals surface area contributed by atoms with Crippen LogP contribution in [0.15, 0.2) is 15.9 Å². The quantitative estimate of drug-likeness (QED) is 0.614. The number of nitrogens with one attached hydrogen (secondary N) is 1. The highest BCUT2D eigenvalue weighted by atomic mass is 79.9. The third-order valence-electron chi connectivity index (χ3n) is 4.53.